The van der Waals surface area contributed by atoms with Gasteiger partial charge < -0.3 is 19.6 Å². The SMILES string of the molecule is COc1ccccc1[C@@H](O)CNC(=O)c1ccoc1C. The van der Waals surface area contributed by atoms with E-state index in [-0.39, 0.29) is 12.5 Å². The highest BCUT2D eigenvalue weighted by Gasteiger charge is 2.16. The molecule has 20 heavy (non-hydrogen) atoms. The van der Waals surface area contributed by atoms with Crippen molar-refractivity contribution >= 4 is 5.91 Å². The maximum Gasteiger partial charge on any atom is 0.254 e. The number of rotatable bonds is 5. The second-order valence-electron chi connectivity index (χ2n) is 4.36. The summed E-state index contributed by atoms with van der Waals surface area (Å²) in [7, 11) is 1.54. The molecule has 0 aliphatic rings. The number of ether oxygens (including phenoxy) is 1. The summed E-state index contributed by atoms with van der Waals surface area (Å²) >= 11 is 0. The zero-order valence-corrected chi connectivity index (χ0v) is 11.4. The van der Waals surface area contributed by atoms with Gasteiger partial charge in [-0.15, -0.1) is 0 Å². The van der Waals surface area contributed by atoms with Crippen molar-refractivity contribution in [3.05, 3.63) is 53.5 Å². The number of carbonyl (C=O) groups excluding carboxylic acids is 1. The molecule has 0 fully saturated rings. The second kappa shape index (κ2) is 6.25. The van der Waals surface area contributed by atoms with Gasteiger partial charge in [0.05, 0.1) is 25.0 Å². The van der Waals surface area contributed by atoms with Crippen LogP contribution in [0.4, 0.5) is 0 Å². The molecule has 2 rings (SSSR count). The van der Waals surface area contributed by atoms with Crippen LogP contribution in [0.5, 0.6) is 5.75 Å². The number of hydrogen-bond acceptors (Lipinski definition) is 4. The molecule has 1 aromatic heterocycles. The number of aliphatic hydroxyl groups excluding tert-OH is 1. The Morgan fingerprint density at radius 1 is 1.40 bits per heavy atom. The van der Waals surface area contributed by atoms with Crippen molar-refractivity contribution in [2.24, 2.45) is 0 Å². The van der Waals surface area contributed by atoms with Gasteiger partial charge in [-0.3, -0.25) is 4.79 Å². The standard InChI is InChI=1S/C15H17NO4/c1-10-11(7-8-20-10)15(18)16-9-13(17)12-5-3-4-6-14(12)19-2/h3-8,13,17H,9H2,1-2H3,(H,16,18)/t13-/m0/s1. The van der Waals surface area contributed by atoms with Crippen molar-refractivity contribution in [2.75, 3.05) is 13.7 Å². The summed E-state index contributed by atoms with van der Waals surface area (Å²) in [6, 6.07) is 8.76. The molecule has 0 radical (unpaired) electrons. The first-order valence-corrected chi connectivity index (χ1v) is 6.26. The Hall–Kier alpha value is -2.27. The molecule has 2 aromatic rings. The Labute approximate surface area is 117 Å². The van der Waals surface area contributed by atoms with Crippen molar-refractivity contribution in [3.63, 3.8) is 0 Å². The number of amides is 1. The first kappa shape index (κ1) is 14.1. The number of methoxy groups -OCH3 is 1. The summed E-state index contributed by atoms with van der Waals surface area (Å²) in [5.74, 6) is 0.869. The van der Waals surface area contributed by atoms with E-state index in [1.165, 1.54) is 6.26 Å². The Morgan fingerprint density at radius 2 is 2.15 bits per heavy atom. The number of carbonyl (C=O) groups is 1. The van der Waals surface area contributed by atoms with Gasteiger partial charge in [0, 0.05) is 12.1 Å². The zero-order chi connectivity index (χ0) is 14.5. The Morgan fingerprint density at radius 3 is 2.80 bits per heavy atom. The molecule has 1 aromatic carbocycles. The number of furan rings is 1. The van der Waals surface area contributed by atoms with Crippen LogP contribution in [0.25, 0.3) is 0 Å². The lowest BCUT2D eigenvalue weighted by Crippen LogP contribution is -2.28. The van der Waals surface area contributed by atoms with E-state index >= 15 is 0 Å². The minimum Gasteiger partial charge on any atom is -0.496 e. The molecule has 0 aliphatic heterocycles. The van der Waals surface area contributed by atoms with Crippen molar-refractivity contribution in [3.8, 4) is 5.75 Å². The molecule has 0 bridgehead atoms. The summed E-state index contributed by atoms with van der Waals surface area (Å²) in [6.07, 6.45) is 0.628. The van der Waals surface area contributed by atoms with Gasteiger partial charge in [0.25, 0.3) is 5.91 Å². The molecule has 106 valence electrons. The van der Waals surface area contributed by atoms with Gasteiger partial charge >= 0.3 is 0 Å². The van der Waals surface area contributed by atoms with Gasteiger partial charge in [-0.1, -0.05) is 18.2 Å². The van der Waals surface area contributed by atoms with Crippen molar-refractivity contribution in [1.29, 1.82) is 0 Å². The fourth-order valence-electron chi connectivity index (χ4n) is 1.96. The summed E-state index contributed by atoms with van der Waals surface area (Å²) in [6.45, 7) is 1.81. The molecule has 0 unspecified atom stereocenters. The highest BCUT2D eigenvalue weighted by Crippen LogP contribution is 2.24. The van der Waals surface area contributed by atoms with E-state index in [9.17, 15) is 9.90 Å². The Kier molecular flexibility index (Phi) is 4.42. The predicted molar refractivity (Wildman–Crippen MR) is 73.7 cm³/mol. The average molecular weight is 275 g/mol. The molecule has 0 spiro atoms. The highest BCUT2D eigenvalue weighted by molar-refractivity contribution is 5.95. The van der Waals surface area contributed by atoms with Crippen LogP contribution in [-0.4, -0.2) is 24.7 Å². The number of benzene rings is 1. The van der Waals surface area contributed by atoms with Gasteiger partial charge in [-0.05, 0) is 19.1 Å². The van der Waals surface area contributed by atoms with Crippen molar-refractivity contribution in [1.82, 2.24) is 5.32 Å². The molecular weight excluding hydrogens is 258 g/mol. The second-order valence-corrected chi connectivity index (χ2v) is 4.36. The lowest BCUT2D eigenvalue weighted by molar-refractivity contribution is 0.0913. The minimum atomic E-state index is -0.831. The number of nitrogens with one attached hydrogen (secondary N) is 1. The maximum absolute atomic E-state index is 11.9. The lowest BCUT2D eigenvalue weighted by Gasteiger charge is -2.15. The van der Waals surface area contributed by atoms with E-state index in [1.54, 1.807) is 32.2 Å². The monoisotopic (exact) mass is 275 g/mol. The molecule has 0 saturated carbocycles. The van der Waals surface area contributed by atoms with Crippen LogP contribution in [0.15, 0.2) is 41.0 Å². The third-order valence-corrected chi connectivity index (χ3v) is 3.06. The van der Waals surface area contributed by atoms with E-state index in [4.69, 9.17) is 9.15 Å². The van der Waals surface area contributed by atoms with Gasteiger partial charge in [-0.25, -0.2) is 0 Å². The number of para-hydroxylation sites is 1. The maximum atomic E-state index is 11.9. The van der Waals surface area contributed by atoms with Gasteiger partial charge in [0.2, 0.25) is 0 Å². The van der Waals surface area contributed by atoms with Crippen LogP contribution in [0, 0.1) is 6.92 Å². The molecule has 0 saturated heterocycles. The van der Waals surface area contributed by atoms with E-state index in [2.05, 4.69) is 5.32 Å². The summed E-state index contributed by atoms with van der Waals surface area (Å²) in [5, 5.41) is 12.8. The quantitative estimate of drug-likeness (QED) is 0.876. The van der Waals surface area contributed by atoms with E-state index in [0.29, 0.717) is 22.6 Å². The van der Waals surface area contributed by atoms with Crippen molar-refractivity contribution in [2.45, 2.75) is 13.0 Å². The first-order valence-electron chi connectivity index (χ1n) is 6.26. The largest absolute Gasteiger partial charge is 0.496 e. The lowest BCUT2D eigenvalue weighted by atomic mass is 10.1. The number of hydrogen-bond donors (Lipinski definition) is 2. The predicted octanol–water partition coefficient (Wildman–Crippen LogP) is 2.06. The first-order chi connectivity index (χ1) is 9.63. The Balaban J connectivity index is 2.00. The van der Waals surface area contributed by atoms with Crippen LogP contribution in [0.1, 0.15) is 27.8 Å². The van der Waals surface area contributed by atoms with E-state index < -0.39 is 6.10 Å². The highest BCUT2D eigenvalue weighted by atomic mass is 16.5. The Bertz CT molecular complexity index is 591. The topological polar surface area (TPSA) is 71.7 Å². The average Bonchev–Trinajstić information content (AvgIpc) is 2.90. The zero-order valence-electron chi connectivity index (χ0n) is 11.4. The fourth-order valence-corrected chi connectivity index (χ4v) is 1.96. The van der Waals surface area contributed by atoms with E-state index in [1.807, 2.05) is 12.1 Å². The normalized spacial score (nSPS) is 11.9. The third kappa shape index (κ3) is 3.00. The molecule has 0 aliphatic carbocycles. The van der Waals surface area contributed by atoms with Crippen LogP contribution in [0.3, 0.4) is 0 Å². The molecule has 1 amide bonds. The fraction of sp³-hybridized carbons (Fsp3) is 0.267. The van der Waals surface area contributed by atoms with Gasteiger partial charge in [-0.2, -0.15) is 0 Å². The van der Waals surface area contributed by atoms with Crippen LogP contribution < -0.4 is 10.1 Å². The molecular formula is C15H17NO4. The smallest absolute Gasteiger partial charge is 0.254 e. The summed E-state index contributed by atoms with van der Waals surface area (Å²) in [4.78, 5) is 11.9. The minimum absolute atomic E-state index is 0.101. The van der Waals surface area contributed by atoms with Gasteiger partial charge in [0.1, 0.15) is 11.5 Å². The summed E-state index contributed by atoms with van der Waals surface area (Å²) in [5.41, 5.74) is 1.11. The molecule has 1 heterocycles. The number of aliphatic hydroxyl groups is 1. The van der Waals surface area contributed by atoms with E-state index in [0.717, 1.165) is 0 Å². The van der Waals surface area contributed by atoms with Crippen LogP contribution >= 0.6 is 0 Å². The third-order valence-electron chi connectivity index (χ3n) is 3.06. The van der Waals surface area contributed by atoms with Crippen LogP contribution in [0.2, 0.25) is 0 Å². The molecule has 5 heteroatoms. The van der Waals surface area contributed by atoms with Crippen molar-refractivity contribution < 1.29 is 19.1 Å². The molecule has 1 atom stereocenters. The molecule has 5 nitrogen and oxygen atoms in total. The van der Waals surface area contributed by atoms with Gasteiger partial charge in [0.15, 0.2) is 0 Å². The number of aryl methyl sites for hydroxylation is 1. The summed E-state index contributed by atoms with van der Waals surface area (Å²) < 4.78 is 10.2. The van der Waals surface area contributed by atoms with Crippen LogP contribution in [-0.2, 0) is 0 Å². The molecule has 2 N–H and O–H groups in total.